The second-order valence-corrected chi connectivity index (χ2v) is 5.86. The first-order valence-electron chi connectivity index (χ1n) is 8.40. The van der Waals surface area contributed by atoms with Gasteiger partial charge >= 0.3 is 5.97 Å². The third-order valence-corrected chi connectivity index (χ3v) is 3.66. The van der Waals surface area contributed by atoms with Crippen molar-refractivity contribution in [2.24, 2.45) is 0 Å². The van der Waals surface area contributed by atoms with E-state index in [1.807, 2.05) is 49.4 Å². The highest BCUT2D eigenvalue weighted by atomic mass is 16.6. The van der Waals surface area contributed by atoms with Crippen LogP contribution in [0, 0.1) is 6.92 Å². The normalized spacial score (nSPS) is 10.3. The van der Waals surface area contributed by atoms with Crippen molar-refractivity contribution in [3.8, 4) is 5.75 Å². The number of carbonyl (C=O) groups is 2. The van der Waals surface area contributed by atoms with Crippen molar-refractivity contribution < 1.29 is 23.5 Å². The molecule has 0 atom stereocenters. The zero-order valence-electron chi connectivity index (χ0n) is 14.8. The second-order valence-electron chi connectivity index (χ2n) is 5.86. The first-order chi connectivity index (χ1) is 13.1. The van der Waals surface area contributed by atoms with E-state index in [0.29, 0.717) is 17.2 Å². The van der Waals surface area contributed by atoms with Gasteiger partial charge in [-0.25, -0.2) is 4.79 Å². The maximum atomic E-state index is 12.0. The van der Waals surface area contributed by atoms with Gasteiger partial charge in [0.2, 0.25) is 5.76 Å². The number of esters is 1. The van der Waals surface area contributed by atoms with Crippen molar-refractivity contribution in [1.29, 1.82) is 0 Å². The third-order valence-electron chi connectivity index (χ3n) is 3.66. The summed E-state index contributed by atoms with van der Waals surface area (Å²) in [5.74, 6) is 0.0666. The molecule has 0 radical (unpaired) electrons. The number of carbonyl (C=O) groups excluding carboxylic acids is 2. The summed E-state index contributed by atoms with van der Waals surface area (Å²) < 4.78 is 15.9. The molecule has 138 valence electrons. The van der Waals surface area contributed by atoms with Gasteiger partial charge < -0.3 is 19.2 Å². The number of hydrogen-bond acceptors (Lipinski definition) is 5. The average molecular weight is 365 g/mol. The summed E-state index contributed by atoms with van der Waals surface area (Å²) in [6.07, 6.45) is 0. The molecular weight excluding hydrogens is 346 g/mol. The van der Waals surface area contributed by atoms with Crippen molar-refractivity contribution in [3.05, 3.63) is 83.8 Å². The minimum absolute atomic E-state index is 0.0183. The fourth-order valence-electron chi connectivity index (χ4n) is 2.27. The molecule has 3 aromatic rings. The van der Waals surface area contributed by atoms with Gasteiger partial charge in [-0.1, -0.05) is 35.9 Å². The molecule has 6 heteroatoms. The van der Waals surface area contributed by atoms with E-state index in [-0.39, 0.29) is 12.4 Å². The lowest BCUT2D eigenvalue weighted by Crippen LogP contribution is -2.20. The van der Waals surface area contributed by atoms with E-state index in [4.69, 9.17) is 13.9 Å². The van der Waals surface area contributed by atoms with E-state index in [1.54, 1.807) is 18.2 Å². The maximum Gasteiger partial charge on any atom is 0.374 e. The van der Waals surface area contributed by atoms with Crippen LogP contribution in [0.2, 0.25) is 0 Å². The molecule has 6 nitrogen and oxygen atoms in total. The summed E-state index contributed by atoms with van der Waals surface area (Å²) in [5, 5.41) is 2.65. The first-order valence-corrected chi connectivity index (χ1v) is 8.40. The molecule has 0 saturated carbocycles. The number of nitrogens with one attached hydrogen (secondary N) is 1. The first kappa shape index (κ1) is 18.3. The van der Waals surface area contributed by atoms with Gasteiger partial charge in [0, 0.05) is 5.69 Å². The van der Waals surface area contributed by atoms with Crippen LogP contribution in [0.15, 0.2) is 71.1 Å². The molecule has 0 aliphatic rings. The summed E-state index contributed by atoms with van der Waals surface area (Å²) in [5.41, 5.74) is 1.73. The summed E-state index contributed by atoms with van der Waals surface area (Å²) >= 11 is 0. The number of anilines is 1. The van der Waals surface area contributed by atoms with Crippen LogP contribution >= 0.6 is 0 Å². The highest BCUT2D eigenvalue weighted by Gasteiger charge is 2.15. The SMILES string of the molecule is Cc1ccc(NC(=O)COC(=O)c2ccc(COc3ccccc3)o2)cc1. The fourth-order valence-corrected chi connectivity index (χ4v) is 2.27. The predicted molar refractivity (Wildman–Crippen MR) is 99.6 cm³/mol. The zero-order chi connectivity index (χ0) is 19.1. The Balaban J connectivity index is 1.46. The lowest BCUT2D eigenvalue weighted by molar-refractivity contribution is -0.119. The standard InChI is InChI=1S/C21H19NO5/c1-15-7-9-16(10-8-15)22-20(23)14-26-21(24)19-12-11-18(27-19)13-25-17-5-3-2-4-6-17/h2-12H,13-14H2,1H3,(H,22,23). The van der Waals surface area contributed by atoms with Gasteiger partial charge in [0.05, 0.1) is 0 Å². The highest BCUT2D eigenvalue weighted by Crippen LogP contribution is 2.14. The Bertz CT molecular complexity index is 900. The number of aryl methyl sites for hydroxylation is 1. The lowest BCUT2D eigenvalue weighted by atomic mass is 10.2. The van der Waals surface area contributed by atoms with Crippen molar-refractivity contribution >= 4 is 17.6 Å². The molecule has 0 aliphatic heterocycles. The molecule has 1 aromatic heterocycles. The predicted octanol–water partition coefficient (Wildman–Crippen LogP) is 3.96. The molecule has 0 aliphatic carbocycles. The lowest BCUT2D eigenvalue weighted by Gasteiger charge is -2.06. The van der Waals surface area contributed by atoms with Crippen LogP contribution in [-0.2, 0) is 16.1 Å². The van der Waals surface area contributed by atoms with Crippen LogP contribution < -0.4 is 10.1 Å². The Morgan fingerprint density at radius 3 is 2.44 bits per heavy atom. The molecule has 0 fully saturated rings. The smallest absolute Gasteiger partial charge is 0.374 e. The number of furan rings is 1. The molecule has 1 N–H and O–H groups in total. The van der Waals surface area contributed by atoms with Gasteiger partial charge in [0.15, 0.2) is 6.61 Å². The molecule has 1 amide bonds. The molecule has 0 saturated heterocycles. The van der Waals surface area contributed by atoms with E-state index in [1.165, 1.54) is 6.07 Å². The second kappa shape index (κ2) is 8.71. The number of amides is 1. The van der Waals surface area contributed by atoms with Gasteiger partial charge in [-0.15, -0.1) is 0 Å². The van der Waals surface area contributed by atoms with Crippen LogP contribution in [0.1, 0.15) is 21.9 Å². The topological polar surface area (TPSA) is 77.8 Å². The van der Waals surface area contributed by atoms with Gasteiger partial charge in [-0.2, -0.15) is 0 Å². The maximum absolute atomic E-state index is 12.0. The minimum atomic E-state index is -0.708. The molecule has 0 unspecified atom stereocenters. The number of hydrogen-bond donors (Lipinski definition) is 1. The van der Waals surface area contributed by atoms with Crippen molar-refractivity contribution in [2.75, 3.05) is 11.9 Å². The van der Waals surface area contributed by atoms with Crippen molar-refractivity contribution in [3.63, 3.8) is 0 Å². The van der Waals surface area contributed by atoms with E-state index in [2.05, 4.69) is 5.32 Å². The van der Waals surface area contributed by atoms with Crippen LogP contribution in [0.4, 0.5) is 5.69 Å². The number of benzene rings is 2. The Hall–Kier alpha value is -3.54. The van der Waals surface area contributed by atoms with Crippen LogP contribution in [0.3, 0.4) is 0 Å². The number of rotatable bonds is 7. The monoisotopic (exact) mass is 365 g/mol. The Morgan fingerprint density at radius 1 is 0.963 bits per heavy atom. The molecule has 1 heterocycles. The molecule has 0 bridgehead atoms. The van der Waals surface area contributed by atoms with Crippen molar-refractivity contribution in [1.82, 2.24) is 0 Å². The largest absolute Gasteiger partial charge is 0.486 e. The van der Waals surface area contributed by atoms with Crippen LogP contribution in [0.5, 0.6) is 5.75 Å². The average Bonchev–Trinajstić information content (AvgIpc) is 3.16. The van der Waals surface area contributed by atoms with Gasteiger partial charge in [0.1, 0.15) is 18.1 Å². The Labute approximate surface area is 156 Å². The van der Waals surface area contributed by atoms with Gasteiger partial charge in [-0.3, -0.25) is 4.79 Å². The Morgan fingerprint density at radius 2 is 1.70 bits per heavy atom. The minimum Gasteiger partial charge on any atom is -0.486 e. The van der Waals surface area contributed by atoms with Crippen LogP contribution in [0.25, 0.3) is 0 Å². The highest BCUT2D eigenvalue weighted by molar-refractivity contribution is 5.94. The van der Waals surface area contributed by atoms with Gasteiger partial charge in [0.25, 0.3) is 5.91 Å². The van der Waals surface area contributed by atoms with E-state index in [9.17, 15) is 9.59 Å². The molecule has 3 rings (SSSR count). The third kappa shape index (κ3) is 5.47. The molecule has 2 aromatic carbocycles. The van der Waals surface area contributed by atoms with E-state index < -0.39 is 18.5 Å². The molecule has 27 heavy (non-hydrogen) atoms. The fraction of sp³-hybridized carbons (Fsp3) is 0.143. The number of para-hydroxylation sites is 1. The van der Waals surface area contributed by atoms with E-state index in [0.717, 1.165) is 5.56 Å². The quantitative estimate of drug-likeness (QED) is 0.641. The number of ether oxygens (including phenoxy) is 2. The summed E-state index contributed by atoms with van der Waals surface area (Å²) in [6, 6.07) is 19.7. The molecule has 0 spiro atoms. The van der Waals surface area contributed by atoms with E-state index >= 15 is 0 Å². The van der Waals surface area contributed by atoms with Crippen LogP contribution in [-0.4, -0.2) is 18.5 Å². The summed E-state index contributed by atoms with van der Waals surface area (Å²) in [4.78, 5) is 23.9. The Kier molecular flexibility index (Phi) is 5.89. The molecular formula is C21H19NO5. The van der Waals surface area contributed by atoms with Crippen molar-refractivity contribution in [2.45, 2.75) is 13.5 Å². The van der Waals surface area contributed by atoms with Gasteiger partial charge in [-0.05, 0) is 43.3 Å². The zero-order valence-corrected chi connectivity index (χ0v) is 14.8. The summed E-state index contributed by atoms with van der Waals surface area (Å²) in [7, 11) is 0. The summed E-state index contributed by atoms with van der Waals surface area (Å²) in [6.45, 7) is 1.74.